The number of hydrogen-bond acceptors (Lipinski definition) is 4. The van der Waals surface area contributed by atoms with Gasteiger partial charge in [0.2, 0.25) is 0 Å². The largest absolute Gasteiger partial charge is 0.442 e. The van der Waals surface area contributed by atoms with Crippen LogP contribution in [0.25, 0.3) is 0 Å². The van der Waals surface area contributed by atoms with Crippen molar-refractivity contribution >= 4 is 6.09 Å². The van der Waals surface area contributed by atoms with Crippen LogP contribution in [0.15, 0.2) is 24.3 Å². The van der Waals surface area contributed by atoms with Crippen molar-refractivity contribution in [2.75, 3.05) is 6.61 Å². The van der Waals surface area contributed by atoms with E-state index in [1.54, 1.807) is 26.8 Å². The Morgan fingerprint density at radius 3 is 2.70 bits per heavy atom. The molecule has 0 saturated carbocycles. The Bertz CT molecular complexity index is 445. The van der Waals surface area contributed by atoms with Gasteiger partial charge in [-0.2, -0.15) is 5.48 Å². The average Bonchev–Trinajstić information content (AvgIpc) is 2.32. The molecule has 0 fully saturated rings. The minimum atomic E-state index is -0.739. The highest BCUT2D eigenvalue weighted by Crippen LogP contribution is 2.20. The molecule has 0 radical (unpaired) electrons. The van der Waals surface area contributed by atoms with Gasteiger partial charge in [-0.25, -0.2) is 9.18 Å². The number of ether oxygens (including phenoxy) is 1. The molecule has 0 aliphatic heterocycles. The standard InChI is InChI=1S/C14H20FNO4/c1-14(2,3)19-13(18)16-20-12(7-8-17)10-5-4-6-11(15)9-10/h4-6,9,12,17H,7-8H2,1-3H3,(H,16,18). The molecule has 5 nitrogen and oxygen atoms in total. The molecule has 1 unspecified atom stereocenters. The Labute approximate surface area is 117 Å². The minimum absolute atomic E-state index is 0.156. The first-order valence-corrected chi connectivity index (χ1v) is 6.33. The first-order valence-electron chi connectivity index (χ1n) is 6.33. The Kier molecular flexibility index (Phi) is 5.91. The van der Waals surface area contributed by atoms with Crippen molar-refractivity contribution in [3.63, 3.8) is 0 Å². The lowest BCUT2D eigenvalue weighted by Gasteiger charge is -2.22. The summed E-state index contributed by atoms with van der Waals surface area (Å²) in [6.45, 7) is 5.02. The van der Waals surface area contributed by atoms with E-state index in [4.69, 9.17) is 14.7 Å². The van der Waals surface area contributed by atoms with Crippen LogP contribution in [0.1, 0.15) is 38.9 Å². The zero-order valence-corrected chi connectivity index (χ0v) is 11.9. The number of nitrogens with one attached hydrogen (secondary N) is 1. The van der Waals surface area contributed by atoms with Crippen molar-refractivity contribution < 1.29 is 23.9 Å². The molecule has 0 spiro atoms. The second-order valence-electron chi connectivity index (χ2n) is 5.28. The first kappa shape index (κ1) is 16.4. The van der Waals surface area contributed by atoms with Gasteiger partial charge >= 0.3 is 6.09 Å². The maximum absolute atomic E-state index is 13.2. The molecular formula is C14H20FNO4. The number of rotatable bonds is 5. The predicted molar refractivity (Wildman–Crippen MR) is 71.3 cm³/mol. The molecular weight excluding hydrogens is 265 g/mol. The molecule has 0 heterocycles. The Morgan fingerprint density at radius 2 is 2.15 bits per heavy atom. The van der Waals surface area contributed by atoms with E-state index >= 15 is 0 Å². The highest BCUT2D eigenvalue weighted by molar-refractivity contribution is 5.66. The van der Waals surface area contributed by atoms with Gasteiger partial charge in [0.05, 0.1) is 0 Å². The normalized spacial score (nSPS) is 12.8. The number of aliphatic hydroxyl groups excluding tert-OH is 1. The zero-order valence-electron chi connectivity index (χ0n) is 11.9. The van der Waals surface area contributed by atoms with Gasteiger partial charge in [-0.1, -0.05) is 12.1 Å². The highest BCUT2D eigenvalue weighted by atomic mass is 19.1. The van der Waals surface area contributed by atoms with Gasteiger partial charge in [-0.05, 0) is 38.5 Å². The zero-order chi connectivity index (χ0) is 15.2. The van der Waals surface area contributed by atoms with Crippen LogP contribution in [0.5, 0.6) is 0 Å². The van der Waals surface area contributed by atoms with Crippen molar-refractivity contribution in [2.45, 2.75) is 38.9 Å². The van der Waals surface area contributed by atoms with E-state index in [9.17, 15) is 9.18 Å². The van der Waals surface area contributed by atoms with Gasteiger partial charge < -0.3 is 9.84 Å². The Morgan fingerprint density at radius 1 is 1.45 bits per heavy atom. The maximum atomic E-state index is 13.2. The van der Waals surface area contributed by atoms with E-state index in [0.29, 0.717) is 5.56 Å². The second kappa shape index (κ2) is 7.21. The number of halogens is 1. The molecule has 0 bridgehead atoms. The molecule has 1 atom stereocenters. The topological polar surface area (TPSA) is 67.8 Å². The highest BCUT2D eigenvalue weighted by Gasteiger charge is 2.19. The number of benzene rings is 1. The van der Waals surface area contributed by atoms with Crippen LogP contribution in [-0.4, -0.2) is 23.4 Å². The fourth-order valence-corrected chi connectivity index (χ4v) is 1.54. The van der Waals surface area contributed by atoms with Crippen LogP contribution in [0, 0.1) is 5.82 Å². The summed E-state index contributed by atoms with van der Waals surface area (Å²) < 4.78 is 18.2. The van der Waals surface area contributed by atoms with E-state index in [1.165, 1.54) is 18.2 Å². The lowest BCUT2D eigenvalue weighted by atomic mass is 10.1. The van der Waals surface area contributed by atoms with Crippen LogP contribution >= 0.6 is 0 Å². The number of amides is 1. The van der Waals surface area contributed by atoms with Gasteiger partial charge in [-0.15, -0.1) is 0 Å². The van der Waals surface area contributed by atoms with Crippen molar-refractivity contribution in [3.8, 4) is 0 Å². The first-order chi connectivity index (χ1) is 9.31. The van der Waals surface area contributed by atoms with Gasteiger partial charge in [0.25, 0.3) is 0 Å². The van der Waals surface area contributed by atoms with E-state index in [1.807, 2.05) is 0 Å². The lowest BCUT2D eigenvalue weighted by Crippen LogP contribution is -2.33. The van der Waals surface area contributed by atoms with Crippen LogP contribution in [0.2, 0.25) is 0 Å². The van der Waals surface area contributed by atoms with Crippen molar-refractivity contribution in [2.24, 2.45) is 0 Å². The minimum Gasteiger partial charge on any atom is -0.442 e. The third-order valence-corrected chi connectivity index (χ3v) is 2.30. The molecule has 1 amide bonds. The van der Waals surface area contributed by atoms with Crippen LogP contribution in [-0.2, 0) is 9.57 Å². The molecule has 20 heavy (non-hydrogen) atoms. The summed E-state index contributed by atoms with van der Waals surface area (Å²) in [6, 6.07) is 5.78. The van der Waals surface area contributed by atoms with E-state index in [2.05, 4.69) is 5.48 Å². The summed E-state index contributed by atoms with van der Waals surface area (Å²) in [7, 11) is 0. The molecule has 0 aliphatic rings. The number of hydrogen-bond donors (Lipinski definition) is 2. The average molecular weight is 285 g/mol. The van der Waals surface area contributed by atoms with Gasteiger partial charge in [0, 0.05) is 13.0 Å². The summed E-state index contributed by atoms with van der Waals surface area (Å²) in [5, 5.41) is 9.00. The van der Waals surface area contributed by atoms with Gasteiger partial charge in [-0.3, -0.25) is 4.84 Å². The van der Waals surface area contributed by atoms with E-state index < -0.39 is 23.6 Å². The van der Waals surface area contributed by atoms with Crippen molar-refractivity contribution in [3.05, 3.63) is 35.6 Å². The Balaban J connectivity index is 2.62. The fraction of sp³-hybridized carbons (Fsp3) is 0.500. The van der Waals surface area contributed by atoms with Gasteiger partial charge in [0.1, 0.15) is 17.5 Å². The molecule has 6 heteroatoms. The van der Waals surface area contributed by atoms with Crippen LogP contribution in [0.3, 0.4) is 0 Å². The molecule has 1 rings (SSSR count). The molecule has 0 aromatic heterocycles. The summed E-state index contributed by atoms with van der Waals surface area (Å²) in [4.78, 5) is 16.7. The number of hydroxylamine groups is 1. The van der Waals surface area contributed by atoms with Crippen LogP contribution in [0.4, 0.5) is 9.18 Å². The molecule has 2 N–H and O–H groups in total. The molecule has 112 valence electrons. The molecule has 0 saturated heterocycles. The monoisotopic (exact) mass is 285 g/mol. The van der Waals surface area contributed by atoms with E-state index in [-0.39, 0.29) is 13.0 Å². The smallest absolute Gasteiger partial charge is 0.431 e. The van der Waals surface area contributed by atoms with Gasteiger partial charge in [0.15, 0.2) is 0 Å². The number of carbonyl (C=O) groups excluding carboxylic acids is 1. The number of carbonyl (C=O) groups is 1. The second-order valence-corrected chi connectivity index (χ2v) is 5.28. The SMILES string of the molecule is CC(C)(C)OC(=O)NOC(CCO)c1cccc(F)c1. The fourth-order valence-electron chi connectivity index (χ4n) is 1.54. The Hall–Kier alpha value is -1.66. The number of aliphatic hydroxyl groups is 1. The lowest BCUT2D eigenvalue weighted by molar-refractivity contribution is -0.0506. The molecule has 1 aromatic carbocycles. The predicted octanol–water partition coefficient (Wildman–Crippen LogP) is 2.71. The summed E-state index contributed by atoms with van der Waals surface area (Å²) in [5.41, 5.74) is 2.03. The summed E-state index contributed by atoms with van der Waals surface area (Å²) in [5.74, 6) is -0.411. The van der Waals surface area contributed by atoms with E-state index in [0.717, 1.165) is 0 Å². The third kappa shape index (κ3) is 5.99. The third-order valence-electron chi connectivity index (χ3n) is 2.30. The molecule has 1 aromatic rings. The summed E-state index contributed by atoms with van der Waals surface area (Å²) >= 11 is 0. The quantitative estimate of drug-likeness (QED) is 0.816. The van der Waals surface area contributed by atoms with Crippen molar-refractivity contribution in [1.82, 2.24) is 5.48 Å². The van der Waals surface area contributed by atoms with Crippen LogP contribution < -0.4 is 5.48 Å². The summed E-state index contributed by atoms with van der Waals surface area (Å²) in [6.07, 6.45) is -1.17. The maximum Gasteiger partial charge on any atom is 0.431 e. The van der Waals surface area contributed by atoms with Crippen molar-refractivity contribution in [1.29, 1.82) is 0 Å². The molecule has 0 aliphatic carbocycles.